The van der Waals surface area contributed by atoms with Crippen molar-refractivity contribution in [2.24, 2.45) is 5.73 Å². The molecule has 0 aliphatic heterocycles. The van der Waals surface area contributed by atoms with Gasteiger partial charge in [-0.05, 0) is 13.3 Å². The fourth-order valence-electron chi connectivity index (χ4n) is 0.650. The van der Waals surface area contributed by atoms with E-state index in [0.717, 1.165) is 0 Å². The summed E-state index contributed by atoms with van der Waals surface area (Å²) in [6.45, 7) is 3.75. The van der Waals surface area contributed by atoms with Crippen LogP contribution in [0.3, 0.4) is 0 Å². The Morgan fingerprint density at radius 3 is 2.21 bits per heavy atom. The number of aliphatic hydroxyl groups is 1. The van der Waals surface area contributed by atoms with Crippen LogP contribution in [0.15, 0.2) is 0 Å². The van der Waals surface area contributed by atoms with Gasteiger partial charge in [0.05, 0.1) is 12.7 Å². The lowest BCUT2D eigenvalue weighted by molar-refractivity contribution is -0.191. The molecule has 0 fully saturated rings. The maximum atomic E-state index is 10.8. The van der Waals surface area contributed by atoms with Crippen molar-refractivity contribution in [1.82, 2.24) is 0 Å². The topological polar surface area (TPSA) is 107 Å². The highest BCUT2D eigenvalue weighted by molar-refractivity contribution is 5.76. The molecule has 6 nitrogen and oxygen atoms in total. The molecule has 0 aromatic rings. The molecule has 0 saturated heterocycles. The number of esters is 1. The van der Waals surface area contributed by atoms with E-state index in [-0.39, 0.29) is 6.15 Å². The number of carbonyl (C=O) groups excluding carboxylic acids is 3. The lowest BCUT2D eigenvalue weighted by atomic mass is 10.1. The number of hydrogen-bond acceptors (Lipinski definition) is 6. The number of carbonyl (C=O) groups is 1. The van der Waals surface area contributed by atoms with Crippen LogP contribution in [0.5, 0.6) is 0 Å². The van der Waals surface area contributed by atoms with E-state index in [4.69, 9.17) is 20.4 Å². The summed E-state index contributed by atoms with van der Waals surface area (Å²) in [6.07, 6.45) is -0.0889. The van der Waals surface area contributed by atoms with Gasteiger partial charge in [-0.3, -0.25) is 4.79 Å². The van der Waals surface area contributed by atoms with E-state index in [1.807, 2.05) is 0 Å². The predicted molar refractivity (Wildman–Crippen MR) is 45.9 cm³/mol. The quantitative estimate of drug-likeness (QED) is 0.574. The zero-order valence-electron chi connectivity index (χ0n) is 8.23. The van der Waals surface area contributed by atoms with Gasteiger partial charge in [0, 0.05) is 0 Å². The first-order valence-electron chi connectivity index (χ1n) is 4.14. The molecule has 0 heterocycles. The summed E-state index contributed by atoms with van der Waals surface area (Å²) in [5, 5.41) is 9.10. The normalized spacial score (nSPS) is 12.9. The molecule has 2 unspecified atom stereocenters. The summed E-state index contributed by atoms with van der Waals surface area (Å²) in [6, 6.07) is -0.903. The number of rotatable bonds is 4. The molecule has 0 bridgehead atoms. The molecular weight excluding hydrogens is 190 g/mol. The van der Waals surface area contributed by atoms with Crippen LogP contribution >= 0.6 is 0 Å². The second-order valence-corrected chi connectivity index (χ2v) is 2.34. The highest BCUT2D eigenvalue weighted by Crippen LogP contribution is 1.97. The minimum absolute atomic E-state index is 0.250. The zero-order chi connectivity index (χ0) is 11.6. The number of hydrogen-bond donors (Lipinski definition) is 2. The Hall–Kier alpha value is -1.23. The third-order valence-electron chi connectivity index (χ3n) is 1.39. The highest BCUT2D eigenvalue weighted by atomic mass is 16.5. The molecule has 0 spiro atoms. The van der Waals surface area contributed by atoms with E-state index in [0.29, 0.717) is 13.0 Å². The van der Waals surface area contributed by atoms with E-state index in [9.17, 15) is 4.79 Å². The summed E-state index contributed by atoms with van der Waals surface area (Å²) >= 11 is 0. The predicted octanol–water partition coefficient (Wildman–Crippen LogP) is -0.936. The molecular formula is C8H15NO5. The van der Waals surface area contributed by atoms with Crippen LogP contribution in [-0.2, 0) is 19.1 Å². The first-order valence-corrected chi connectivity index (χ1v) is 4.14. The first-order chi connectivity index (χ1) is 6.54. The van der Waals surface area contributed by atoms with Gasteiger partial charge in [0.15, 0.2) is 0 Å². The lowest BCUT2D eigenvalue weighted by Gasteiger charge is -2.14. The molecule has 0 saturated carbocycles. The third kappa shape index (κ3) is 7.42. The molecule has 0 aliphatic carbocycles. The van der Waals surface area contributed by atoms with Gasteiger partial charge in [0.2, 0.25) is 0 Å². The fraction of sp³-hybridized carbons (Fsp3) is 0.750. The molecule has 82 valence electrons. The van der Waals surface area contributed by atoms with Crippen molar-refractivity contribution in [3.63, 3.8) is 0 Å². The number of aliphatic hydroxyl groups excluding tert-OH is 1. The van der Waals surface area contributed by atoms with Gasteiger partial charge < -0.3 is 15.6 Å². The fourth-order valence-corrected chi connectivity index (χ4v) is 0.650. The Morgan fingerprint density at radius 2 is 1.93 bits per heavy atom. The Morgan fingerprint density at radius 1 is 1.50 bits per heavy atom. The Balaban J connectivity index is 0. The lowest BCUT2D eigenvalue weighted by Crippen LogP contribution is -2.42. The molecule has 0 aliphatic rings. The van der Waals surface area contributed by atoms with Crippen LogP contribution in [-0.4, -0.2) is 36.0 Å². The molecule has 0 amide bonds. The number of nitrogens with two attached hydrogens (primary N) is 1. The van der Waals surface area contributed by atoms with Crippen LogP contribution in [0.1, 0.15) is 20.3 Å². The molecule has 0 aromatic carbocycles. The SMILES string of the molecule is CCOC(=O)C(N)C(O)CC.O=C=O. The minimum atomic E-state index is -0.903. The molecule has 3 N–H and O–H groups in total. The molecule has 0 rings (SSSR count). The maximum absolute atomic E-state index is 10.8. The monoisotopic (exact) mass is 205 g/mol. The second kappa shape index (κ2) is 9.85. The summed E-state index contributed by atoms with van der Waals surface area (Å²) in [5.74, 6) is -0.540. The van der Waals surface area contributed by atoms with E-state index in [1.54, 1.807) is 13.8 Å². The summed E-state index contributed by atoms with van der Waals surface area (Å²) in [7, 11) is 0. The van der Waals surface area contributed by atoms with Gasteiger partial charge in [0.25, 0.3) is 0 Å². The largest absolute Gasteiger partial charge is 0.465 e. The Kier molecular flexibility index (Phi) is 10.7. The van der Waals surface area contributed by atoms with Gasteiger partial charge in [-0.1, -0.05) is 6.92 Å². The third-order valence-corrected chi connectivity index (χ3v) is 1.39. The van der Waals surface area contributed by atoms with Crippen LogP contribution in [0.4, 0.5) is 0 Å². The van der Waals surface area contributed by atoms with Crippen molar-refractivity contribution in [3.8, 4) is 0 Å². The van der Waals surface area contributed by atoms with Gasteiger partial charge in [0.1, 0.15) is 6.04 Å². The number of ether oxygens (including phenoxy) is 1. The molecule has 0 aromatic heterocycles. The smallest absolute Gasteiger partial charge is 0.373 e. The Bertz CT molecular complexity index is 188. The summed E-state index contributed by atoms with van der Waals surface area (Å²) in [4.78, 5) is 27.1. The first kappa shape index (κ1) is 15.3. The van der Waals surface area contributed by atoms with Gasteiger partial charge in [-0.25, -0.2) is 0 Å². The zero-order valence-corrected chi connectivity index (χ0v) is 8.23. The van der Waals surface area contributed by atoms with Crippen molar-refractivity contribution in [3.05, 3.63) is 0 Å². The van der Waals surface area contributed by atoms with Crippen LogP contribution in [0.25, 0.3) is 0 Å². The van der Waals surface area contributed by atoms with Gasteiger partial charge >= 0.3 is 12.1 Å². The van der Waals surface area contributed by atoms with Crippen molar-refractivity contribution >= 4 is 12.1 Å². The van der Waals surface area contributed by atoms with E-state index < -0.39 is 18.1 Å². The van der Waals surface area contributed by atoms with Crippen LogP contribution < -0.4 is 5.73 Å². The maximum Gasteiger partial charge on any atom is 0.373 e. The van der Waals surface area contributed by atoms with E-state index in [1.165, 1.54) is 0 Å². The van der Waals surface area contributed by atoms with Gasteiger partial charge in [-0.15, -0.1) is 0 Å². The average molecular weight is 205 g/mol. The van der Waals surface area contributed by atoms with E-state index >= 15 is 0 Å². The average Bonchev–Trinajstić information content (AvgIpc) is 2.17. The standard InChI is InChI=1S/C7H15NO3.CO2/c1-3-5(9)6(8)7(10)11-4-2;2-1-3/h5-6,9H,3-4,8H2,1-2H3;. The van der Waals surface area contributed by atoms with Crippen molar-refractivity contribution in [2.75, 3.05) is 6.61 Å². The van der Waals surface area contributed by atoms with Crippen molar-refractivity contribution < 1.29 is 24.2 Å². The van der Waals surface area contributed by atoms with E-state index in [2.05, 4.69) is 4.74 Å². The molecule has 14 heavy (non-hydrogen) atoms. The highest BCUT2D eigenvalue weighted by Gasteiger charge is 2.21. The molecule has 6 heteroatoms. The van der Waals surface area contributed by atoms with Crippen molar-refractivity contribution in [2.45, 2.75) is 32.4 Å². The van der Waals surface area contributed by atoms with Crippen LogP contribution in [0, 0.1) is 0 Å². The Labute approximate surface area is 82.0 Å². The molecule has 2 atom stereocenters. The second-order valence-electron chi connectivity index (χ2n) is 2.34. The molecule has 0 radical (unpaired) electrons. The minimum Gasteiger partial charge on any atom is -0.465 e. The van der Waals surface area contributed by atoms with Crippen LogP contribution in [0.2, 0.25) is 0 Å². The summed E-state index contributed by atoms with van der Waals surface area (Å²) < 4.78 is 4.60. The van der Waals surface area contributed by atoms with Crippen molar-refractivity contribution in [1.29, 1.82) is 0 Å². The summed E-state index contributed by atoms with van der Waals surface area (Å²) in [5.41, 5.74) is 5.33. The van der Waals surface area contributed by atoms with Gasteiger partial charge in [-0.2, -0.15) is 9.59 Å².